The summed E-state index contributed by atoms with van der Waals surface area (Å²) >= 11 is 0. The van der Waals surface area contributed by atoms with Crippen molar-refractivity contribution in [1.82, 2.24) is 24.7 Å². The molecule has 8 nitrogen and oxygen atoms in total. The molecule has 0 atom stereocenters. The lowest BCUT2D eigenvalue weighted by molar-refractivity contribution is 0.415. The van der Waals surface area contributed by atoms with Crippen molar-refractivity contribution in [3.05, 3.63) is 70.9 Å². The lowest BCUT2D eigenvalue weighted by atomic mass is 10.0. The van der Waals surface area contributed by atoms with E-state index in [1.54, 1.807) is 24.5 Å². The topological polar surface area (TPSA) is 109 Å². The van der Waals surface area contributed by atoms with Crippen molar-refractivity contribution in [2.24, 2.45) is 0 Å². The maximum absolute atomic E-state index is 13.7. The zero-order chi connectivity index (χ0) is 19.7. The Morgan fingerprint density at radius 3 is 2.82 bits per heavy atom. The van der Waals surface area contributed by atoms with E-state index in [9.17, 15) is 14.3 Å². The summed E-state index contributed by atoms with van der Waals surface area (Å²) < 4.78 is 20.9. The molecule has 3 N–H and O–H groups in total. The van der Waals surface area contributed by atoms with Gasteiger partial charge in [0.05, 0.1) is 13.7 Å². The van der Waals surface area contributed by atoms with E-state index in [4.69, 9.17) is 4.74 Å². The summed E-state index contributed by atoms with van der Waals surface area (Å²) in [6, 6.07) is 9.03. The Hall–Kier alpha value is -3.88. The summed E-state index contributed by atoms with van der Waals surface area (Å²) in [6.07, 6.45) is 3.38. The highest BCUT2D eigenvalue weighted by molar-refractivity contribution is 5.79. The molecule has 0 fully saturated rings. The van der Waals surface area contributed by atoms with E-state index >= 15 is 0 Å². The van der Waals surface area contributed by atoms with Gasteiger partial charge in [-0.1, -0.05) is 0 Å². The van der Waals surface area contributed by atoms with Crippen LogP contribution in [0.15, 0.2) is 53.6 Å². The van der Waals surface area contributed by atoms with E-state index in [0.717, 1.165) is 5.56 Å². The summed E-state index contributed by atoms with van der Waals surface area (Å²) in [5, 5.41) is 16.4. The SMILES string of the molecule is COc1ccc(-c2nccn2Cc2n[nH]c(=O)[nH]2)cc1-c1cc(F)ccc1O. The quantitative estimate of drug-likeness (QED) is 0.492. The molecule has 9 heteroatoms. The fraction of sp³-hybridized carbons (Fsp3) is 0.105. The van der Waals surface area contributed by atoms with Gasteiger partial charge in [0.1, 0.15) is 23.1 Å². The molecular formula is C19H16FN5O3. The molecule has 0 radical (unpaired) electrons. The van der Waals surface area contributed by atoms with Gasteiger partial charge in [0.25, 0.3) is 0 Å². The first-order valence-electron chi connectivity index (χ1n) is 8.37. The van der Waals surface area contributed by atoms with E-state index < -0.39 is 5.82 Å². The zero-order valence-electron chi connectivity index (χ0n) is 14.8. The largest absolute Gasteiger partial charge is 0.507 e. The number of imidazole rings is 1. The number of aromatic hydroxyl groups is 1. The van der Waals surface area contributed by atoms with Crippen molar-refractivity contribution in [3.8, 4) is 34.0 Å². The van der Waals surface area contributed by atoms with Gasteiger partial charge in [-0.15, -0.1) is 0 Å². The summed E-state index contributed by atoms with van der Waals surface area (Å²) in [6.45, 7) is 0.306. The van der Waals surface area contributed by atoms with Crippen LogP contribution in [0.25, 0.3) is 22.5 Å². The summed E-state index contributed by atoms with van der Waals surface area (Å²) in [7, 11) is 1.50. The second-order valence-corrected chi connectivity index (χ2v) is 6.08. The molecule has 0 saturated heterocycles. The minimum Gasteiger partial charge on any atom is -0.507 e. The summed E-state index contributed by atoms with van der Waals surface area (Å²) in [4.78, 5) is 18.2. The van der Waals surface area contributed by atoms with E-state index in [1.807, 2.05) is 10.6 Å². The number of ether oxygens (including phenoxy) is 1. The number of H-pyrrole nitrogens is 2. The number of benzene rings is 2. The van der Waals surface area contributed by atoms with Crippen LogP contribution >= 0.6 is 0 Å². The van der Waals surface area contributed by atoms with Gasteiger partial charge in [0.15, 0.2) is 5.82 Å². The predicted octanol–water partition coefficient (Wildman–Crippen LogP) is 2.53. The molecule has 0 aliphatic heterocycles. The highest BCUT2D eigenvalue weighted by atomic mass is 19.1. The molecule has 0 spiro atoms. The number of phenolic OH excluding ortho intramolecular Hbond substituents is 1. The standard InChI is InChI=1S/C19H16FN5O3/c1-28-16-5-2-11(8-14(16)13-9-12(20)3-4-15(13)26)18-21-6-7-25(18)10-17-22-19(27)24-23-17/h2-9,26H,10H2,1H3,(H2,22,23,24,27). The molecular weight excluding hydrogens is 365 g/mol. The minimum absolute atomic E-state index is 0.0608. The molecule has 28 heavy (non-hydrogen) atoms. The van der Waals surface area contributed by atoms with Crippen molar-refractivity contribution in [1.29, 1.82) is 0 Å². The average Bonchev–Trinajstić information content (AvgIpc) is 3.32. The number of nitrogens with one attached hydrogen (secondary N) is 2. The van der Waals surface area contributed by atoms with Crippen LogP contribution in [-0.4, -0.2) is 36.9 Å². The maximum Gasteiger partial charge on any atom is 0.340 e. The molecule has 0 unspecified atom stereocenters. The first-order valence-corrected chi connectivity index (χ1v) is 8.37. The molecule has 0 saturated carbocycles. The number of aromatic amines is 2. The third-order valence-electron chi connectivity index (χ3n) is 4.29. The lowest BCUT2D eigenvalue weighted by Gasteiger charge is -2.13. The van der Waals surface area contributed by atoms with Gasteiger partial charge in [0, 0.05) is 29.1 Å². The van der Waals surface area contributed by atoms with E-state index in [0.29, 0.717) is 35.1 Å². The third-order valence-corrected chi connectivity index (χ3v) is 4.29. The highest BCUT2D eigenvalue weighted by Gasteiger charge is 2.15. The molecule has 2 aromatic heterocycles. The van der Waals surface area contributed by atoms with Gasteiger partial charge in [0.2, 0.25) is 0 Å². The van der Waals surface area contributed by atoms with Crippen molar-refractivity contribution in [2.45, 2.75) is 6.54 Å². The second-order valence-electron chi connectivity index (χ2n) is 6.08. The van der Waals surface area contributed by atoms with E-state index in [-0.39, 0.29) is 11.4 Å². The van der Waals surface area contributed by atoms with Crippen LogP contribution in [0.1, 0.15) is 5.82 Å². The van der Waals surface area contributed by atoms with Gasteiger partial charge in [-0.3, -0.25) is 4.98 Å². The Kier molecular flexibility index (Phi) is 4.40. The normalized spacial score (nSPS) is 10.9. The van der Waals surface area contributed by atoms with Gasteiger partial charge in [-0.2, -0.15) is 5.10 Å². The molecule has 2 heterocycles. The van der Waals surface area contributed by atoms with Gasteiger partial charge in [-0.25, -0.2) is 19.3 Å². The molecule has 0 aliphatic carbocycles. The molecule has 0 amide bonds. The highest BCUT2D eigenvalue weighted by Crippen LogP contribution is 2.38. The fourth-order valence-electron chi connectivity index (χ4n) is 3.02. The Morgan fingerprint density at radius 1 is 1.21 bits per heavy atom. The Labute approximate surface area is 158 Å². The molecule has 142 valence electrons. The molecule has 0 bridgehead atoms. The van der Waals surface area contributed by atoms with Crippen molar-refractivity contribution < 1.29 is 14.2 Å². The third kappa shape index (κ3) is 3.25. The lowest BCUT2D eigenvalue weighted by Crippen LogP contribution is -2.05. The number of halogens is 1. The number of rotatable bonds is 5. The van der Waals surface area contributed by atoms with Crippen LogP contribution in [0.4, 0.5) is 4.39 Å². The summed E-state index contributed by atoms with van der Waals surface area (Å²) in [5.41, 5.74) is 1.18. The fourth-order valence-corrected chi connectivity index (χ4v) is 3.02. The number of nitrogens with zero attached hydrogens (tertiary/aromatic N) is 3. The number of aromatic nitrogens is 5. The Bertz CT molecular complexity index is 1190. The van der Waals surface area contributed by atoms with Crippen molar-refractivity contribution >= 4 is 0 Å². The van der Waals surface area contributed by atoms with Crippen molar-refractivity contribution in [2.75, 3.05) is 7.11 Å². The van der Waals surface area contributed by atoms with Crippen LogP contribution < -0.4 is 10.4 Å². The van der Waals surface area contributed by atoms with E-state index in [2.05, 4.69) is 20.2 Å². The monoisotopic (exact) mass is 381 g/mol. The Morgan fingerprint density at radius 2 is 2.07 bits per heavy atom. The van der Waals surface area contributed by atoms with Crippen LogP contribution in [-0.2, 0) is 6.54 Å². The van der Waals surface area contributed by atoms with E-state index in [1.165, 1.54) is 25.3 Å². The smallest absolute Gasteiger partial charge is 0.340 e. The average molecular weight is 381 g/mol. The second kappa shape index (κ2) is 7.03. The number of hydrogen-bond acceptors (Lipinski definition) is 5. The summed E-state index contributed by atoms with van der Waals surface area (Å²) in [5.74, 6) is 1.03. The Balaban J connectivity index is 1.79. The first-order chi connectivity index (χ1) is 13.5. The van der Waals surface area contributed by atoms with Gasteiger partial charge in [-0.05, 0) is 36.4 Å². The number of methoxy groups -OCH3 is 1. The molecule has 0 aliphatic rings. The maximum atomic E-state index is 13.7. The zero-order valence-corrected chi connectivity index (χ0v) is 14.8. The van der Waals surface area contributed by atoms with Crippen molar-refractivity contribution in [3.63, 3.8) is 0 Å². The van der Waals surface area contributed by atoms with Crippen LogP contribution in [0.3, 0.4) is 0 Å². The molecule has 4 aromatic rings. The number of phenols is 1. The molecule has 4 rings (SSSR count). The first kappa shape index (κ1) is 17.5. The van der Waals surface area contributed by atoms with Crippen LogP contribution in [0, 0.1) is 5.82 Å². The number of hydrogen-bond donors (Lipinski definition) is 3. The van der Waals surface area contributed by atoms with Gasteiger partial charge >= 0.3 is 5.69 Å². The van der Waals surface area contributed by atoms with Crippen LogP contribution in [0.2, 0.25) is 0 Å². The minimum atomic E-state index is -0.468. The van der Waals surface area contributed by atoms with Gasteiger partial charge < -0.3 is 14.4 Å². The predicted molar refractivity (Wildman–Crippen MR) is 99.6 cm³/mol. The molecule has 2 aromatic carbocycles. The van der Waals surface area contributed by atoms with Crippen LogP contribution in [0.5, 0.6) is 11.5 Å².